The smallest absolute Gasteiger partial charge is 0.258 e. The zero-order valence-corrected chi connectivity index (χ0v) is 11.6. The summed E-state index contributed by atoms with van der Waals surface area (Å²) in [7, 11) is 1.67. The van der Waals surface area contributed by atoms with Crippen LogP contribution in [0.15, 0.2) is 36.7 Å². The van der Waals surface area contributed by atoms with Crippen LogP contribution in [0.5, 0.6) is 11.5 Å². The first kappa shape index (κ1) is 13.2. The van der Waals surface area contributed by atoms with E-state index in [-0.39, 0.29) is 5.91 Å². The van der Waals surface area contributed by atoms with Crippen LogP contribution in [0, 0.1) is 0 Å². The van der Waals surface area contributed by atoms with Crippen LogP contribution >= 0.6 is 0 Å². The van der Waals surface area contributed by atoms with Gasteiger partial charge in [0.25, 0.3) is 5.91 Å². The molecule has 3 rings (SSSR count). The Morgan fingerprint density at radius 3 is 2.76 bits per heavy atom. The van der Waals surface area contributed by atoms with E-state index in [9.17, 15) is 4.79 Å². The molecule has 1 aliphatic rings. The summed E-state index contributed by atoms with van der Waals surface area (Å²) in [6, 6.07) is 6.84. The number of amides is 1. The number of carbonyl (C=O) groups excluding carboxylic acids is 1. The van der Waals surface area contributed by atoms with E-state index in [1.807, 2.05) is 0 Å². The fourth-order valence-corrected chi connectivity index (χ4v) is 2.18. The highest BCUT2D eigenvalue weighted by Crippen LogP contribution is 2.31. The van der Waals surface area contributed by atoms with Crippen LogP contribution in [0.1, 0.15) is 10.4 Å². The summed E-state index contributed by atoms with van der Waals surface area (Å²) in [6.07, 6.45) is 3.11. The van der Waals surface area contributed by atoms with E-state index in [4.69, 9.17) is 15.2 Å². The van der Waals surface area contributed by atoms with Gasteiger partial charge in [-0.25, -0.2) is 0 Å². The topological polar surface area (TPSA) is 77.7 Å². The zero-order chi connectivity index (χ0) is 14.8. The summed E-state index contributed by atoms with van der Waals surface area (Å²) in [6.45, 7) is 1.01. The molecule has 6 heteroatoms. The Kier molecular flexibility index (Phi) is 3.35. The maximum Gasteiger partial charge on any atom is 0.258 e. The summed E-state index contributed by atoms with van der Waals surface area (Å²) in [5.74, 6) is 1.07. The van der Waals surface area contributed by atoms with Crippen molar-refractivity contribution in [2.24, 2.45) is 0 Å². The second kappa shape index (κ2) is 5.32. The van der Waals surface area contributed by atoms with Crippen LogP contribution in [-0.4, -0.2) is 31.2 Å². The molecule has 6 nitrogen and oxygen atoms in total. The number of pyridine rings is 1. The van der Waals surface area contributed by atoms with Gasteiger partial charge in [-0.1, -0.05) is 0 Å². The fourth-order valence-electron chi connectivity index (χ4n) is 2.18. The molecule has 0 atom stereocenters. The van der Waals surface area contributed by atoms with Gasteiger partial charge in [0, 0.05) is 18.8 Å². The molecule has 21 heavy (non-hydrogen) atoms. The van der Waals surface area contributed by atoms with Gasteiger partial charge < -0.3 is 20.1 Å². The minimum absolute atomic E-state index is 0.176. The Bertz CT molecular complexity index is 688. The number of hydrogen-bond acceptors (Lipinski definition) is 5. The van der Waals surface area contributed by atoms with Crippen molar-refractivity contribution in [3.05, 3.63) is 42.2 Å². The number of nitrogen functional groups attached to an aromatic ring is 1. The number of ether oxygens (including phenoxy) is 2. The number of nitrogens with zero attached hydrogens (tertiary/aromatic N) is 2. The molecule has 1 aromatic carbocycles. The summed E-state index contributed by atoms with van der Waals surface area (Å²) < 4.78 is 10.9. The molecule has 2 N–H and O–H groups in total. The Morgan fingerprint density at radius 1 is 1.24 bits per heavy atom. The highest BCUT2D eigenvalue weighted by Gasteiger charge is 2.19. The lowest BCUT2D eigenvalue weighted by Gasteiger charge is -2.21. The number of fused-ring (bicyclic) bond motifs is 1. The van der Waals surface area contributed by atoms with Crippen molar-refractivity contribution in [1.29, 1.82) is 0 Å². The first-order chi connectivity index (χ1) is 10.2. The molecule has 0 radical (unpaired) electrons. The van der Waals surface area contributed by atoms with Crippen LogP contribution in [-0.2, 0) is 0 Å². The van der Waals surface area contributed by atoms with E-state index in [2.05, 4.69) is 4.98 Å². The van der Waals surface area contributed by atoms with Gasteiger partial charge in [-0.2, -0.15) is 0 Å². The molecule has 1 aromatic heterocycles. The summed E-state index contributed by atoms with van der Waals surface area (Å²) in [5.41, 5.74) is 7.42. The maximum atomic E-state index is 12.5. The lowest BCUT2D eigenvalue weighted by Crippen LogP contribution is -2.27. The number of anilines is 2. The van der Waals surface area contributed by atoms with E-state index < -0.39 is 0 Å². The van der Waals surface area contributed by atoms with E-state index in [0.29, 0.717) is 41.7 Å². The first-order valence-electron chi connectivity index (χ1n) is 6.54. The standard InChI is InChI=1S/C15H15N3O3/c1-18(12-4-5-17-9-11(12)16)15(19)10-2-3-13-14(8-10)21-7-6-20-13/h2-5,8-9H,6-7,16H2,1H3. The Balaban J connectivity index is 1.90. The number of rotatable bonds is 2. The van der Waals surface area contributed by atoms with Crippen LogP contribution in [0.3, 0.4) is 0 Å². The molecule has 0 spiro atoms. The average molecular weight is 285 g/mol. The third-order valence-electron chi connectivity index (χ3n) is 3.28. The minimum atomic E-state index is -0.176. The average Bonchev–Trinajstić information content (AvgIpc) is 2.53. The molecule has 0 aliphatic carbocycles. The van der Waals surface area contributed by atoms with Crippen molar-refractivity contribution in [3.8, 4) is 11.5 Å². The van der Waals surface area contributed by atoms with Crippen LogP contribution < -0.4 is 20.1 Å². The molecule has 0 saturated carbocycles. The summed E-state index contributed by atoms with van der Waals surface area (Å²) >= 11 is 0. The van der Waals surface area contributed by atoms with Gasteiger partial charge in [0.15, 0.2) is 11.5 Å². The van der Waals surface area contributed by atoms with Crippen molar-refractivity contribution in [1.82, 2.24) is 4.98 Å². The monoisotopic (exact) mass is 285 g/mol. The molecule has 2 heterocycles. The molecule has 108 valence electrons. The fraction of sp³-hybridized carbons (Fsp3) is 0.200. The van der Waals surface area contributed by atoms with Gasteiger partial charge >= 0.3 is 0 Å². The molecule has 0 bridgehead atoms. The first-order valence-corrected chi connectivity index (χ1v) is 6.54. The quantitative estimate of drug-likeness (QED) is 0.909. The van der Waals surface area contributed by atoms with Gasteiger partial charge in [0.1, 0.15) is 13.2 Å². The van der Waals surface area contributed by atoms with Gasteiger partial charge in [-0.3, -0.25) is 9.78 Å². The van der Waals surface area contributed by atoms with Crippen molar-refractivity contribution in [2.45, 2.75) is 0 Å². The van der Waals surface area contributed by atoms with Gasteiger partial charge in [0.05, 0.1) is 17.6 Å². The van der Waals surface area contributed by atoms with Crippen molar-refractivity contribution in [2.75, 3.05) is 30.9 Å². The predicted molar refractivity (Wildman–Crippen MR) is 78.8 cm³/mol. The van der Waals surface area contributed by atoms with E-state index >= 15 is 0 Å². The molecule has 0 unspecified atom stereocenters. The number of nitrogens with two attached hydrogens (primary N) is 1. The highest BCUT2D eigenvalue weighted by atomic mass is 16.6. The normalized spacial score (nSPS) is 12.8. The van der Waals surface area contributed by atoms with E-state index in [1.54, 1.807) is 37.5 Å². The Hall–Kier alpha value is -2.76. The summed E-state index contributed by atoms with van der Waals surface area (Å²) in [4.78, 5) is 17.9. The van der Waals surface area contributed by atoms with Gasteiger partial charge in [-0.15, -0.1) is 0 Å². The molecular formula is C15H15N3O3. The predicted octanol–water partition coefficient (Wildman–Crippen LogP) is 1.71. The highest BCUT2D eigenvalue weighted by molar-refractivity contribution is 6.07. The van der Waals surface area contributed by atoms with Gasteiger partial charge in [0.2, 0.25) is 0 Å². The number of carbonyl (C=O) groups is 1. The molecule has 1 aliphatic heterocycles. The zero-order valence-electron chi connectivity index (χ0n) is 11.6. The van der Waals surface area contributed by atoms with Gasteiger partial charge in [-0.05, 0) is 24.3 Å². The Morgan fingerprint density at radius 2 is 2.00 bits per heavy atom. The Labute approximate surface area is 122 Å². The van der Waals surface area contributed by atoms with E-state index in [0.717, 1.165) is 0 Å². The molecule has 1 amide bonds. The molecule has 0 fully saturated rings. The summed E-state index contributed by atoms with van der Waals surface area (Å²) in [5, 5.41) is 0. The van der Waals surface area contributed by atoms with Crippen LogP contribution in [0.4, 0.5) is 11.4 Å². The molecule has 0 saturated heterocycles. The van der Waals surface area contributed by atoms with E-state index in [1.165, 1.54) is 11.1 Å². The maximum absolute atomic E-state index is 12.5. The van der Waals surface area contributed by atoms with Crippen LogP contribution in [0.25, 0.3) is 0 Å². The second-order valence-electron chi connectivity index (χ2n) is 4.66. The second-order valence-corrected chi connectivity index (χ2v) is 4.66. The third-order valence-corrected chi connectivity index (χ3v) is 3.28. The van der Waals surface area contributed by atoms with Crippen molar-refractivity contribution < 1.29 is 14.3 Å². The number of benzene rings is 1. The molecular weight excluding hydrogens is 270 g/mol. The number of hydrogen-bond donors (Lipinski definition) is 1. The largest absolute Gasteiger partial charge is 0.486 e. The van der Waals surface area contributed by atoms with Crippen molar-refractivity contribution in [3.63, 3.8) is 0 Å². The molecule has 2 aromatic rings. The minimum Gasteiger partial charge on any atom is -0.486 e. The van der Waals surface area contributed by atoms with Crippen molar-refractivity contribution >= 4 is 17.3 Å². The van der Waals surface area contributed by atoms with Crippen LogP contribution in [0.2, 0.25) is 0 Å². The lowest BCUT2D eigenvalue weighted by atomic mass is 10.1. The SMILES string of the molecule is CN(C(=O)c1ccc2c(c1)OCCO2)c1ccncc1N. The third kappa shape index (κ3) is 2.47. The number of aromatic nitrogens is 1. The lowest BCUT2D eigenvalue weighted by molar-refractivity contribution is 0.0992.